The highest BCUT2D eigenvalue weighted by molar-refractivity contribution is 9.10. The van der Waals surface area contributed by atoms with E-state index in [0.717, 1.165) is 17.3 Å². The van der Waals surface area contributed by atoms with Crippen molar-refractivity contribution >= 4 is 21.8 Å². The Hall–Kier alpha value is -1.03. The minimum Gasteiger partial charge on any atom is -0.484 e. The summed E-state index contributed by atoms with van der Waals surface area (Å²) < 4.78 is 6.40. The number of benzene rings is 1. The maximum Gasteiger partial charge on any atom is 0.258 e. The van der Waals surface area contributed by atoms with Gasteiger partial charge in [0, 0.05) is 10.5 Å². The first kappa shape index (κ1) is 13.4. The number of carbonyl (C=O) groups excluding carboxylic acids is 1. The van der Waals surface area contributed by atoms with Gasteiger partial charge in [0.2, 0.25) is 0 Å². The molecule has 0 aliphatic heterocycles. The molecule has 0 bridgehead atoms. The molecule has 4 heteroatoms. The van der Waals surface area contributed by atoms with Crippen LogP contribution in [0.2, 0.25) is 0 Å². The smallest absolute Gasteiger partial charge is 0.258 e. The highest BCUT2D eigenvalue weighted by Gasteiger charge is 2.15. The molecule has 0 atom stereocenters. The number of nitrogens with one attached hydrogen (secondary N) is 1. The molecule has 1 N–H and O–H groups in total. The van der Waals surface area contributed by atoms with Crippen LogP contribution in [0.15, 0.2) is 28.7 Å². The monoisotopic (exact) mass is 311 g/mol. The van der Waals surface area contributed by atoms with Crippen molar-refractivity contribution in [3.05, 3.63) is 28.7 Å². The molecule has 0 saturated heterocycles. The lowest BCUT2D eigenvalue weighted by atomic mass is 9.95. The quantitative estimate of drug-likeness (QED) is 0.926. The van der Waals surface area contributed by atoms with Gasteiger partial charge in [-0.2, -0.15) is 0 Å². The van der Waals surface area contributed by atoms with Gasteiger partial charge in [-0.15, -0.1) is 0 Å². The summed E-state index contributed by atoms with van der Waals surface area (Å²) in [6.07, 6.45) is 5.93. The molecular weight excluding hydrogens is 294 g/mol. The van der Waals surface area contributed by atoms with Gasteiger partial charge in [-0.05, 0) is 31.0 Å². The summed E-state index contributed by atoms with van der Waals surface area (Å²) in [5.74, 6) is 0.685. The molecule has 1 fully saturated rings. The van der Waals surface area contributed by atoms with E-state index in [1.807, 2.05) is 24.3 Å². The van der Waals surface area contributed by atoms with Crippen molar-refractivity contribution in [1.82, 2.24) is 5.32 Å². The lowest BCUT2D eigenvalue weighted by Crippen LogP contribution is -2.38. The molecule has 18 heavy (non-hydrogen) atoms. The molecule has 0 radical (unpaired) electrons. The van der Waals surface area contributed by atoms with E-state index in [4.69, 9.17) is 4.74 Å². The third-order valence-corrected chi connectivity index (χ3v) is 3.63. The van der Waals surface area contributed by atoms with Gasteiger partial charge in [0.05, 0.1) is 0 Å². The molecule has 0 spiro atoms. The van der Waals surface area contributed by atoms with Gasteiger partial charge < -0.3 is 10.1 Å². The number of halogens is 1. The normalized spacial score (nSPS) is 16.3. The third-order valence-electron chi connectivity index (χ3n) is 3.14. The molecule has 1 amide bonds. The van der Waals surface area contributed by atoms with Crippen molar-refractivity contribution in [1.29, 1.82) is 0 Å². The molecule has 2 rings (SSSR count). The Labute approximate surface area is 116 Å². The average molecular weight is 312 g/mol. The van der Waals surface area contributed by atoms with Crippen LogP contribution in [0.4, 0.5) is 0 Å². The summed E-state index contributed by atoms with van der Waals surface area (Å²) in [7, 11) is 0. The van der Waals surface area contributed by atoms with E-state index in [2.05, 4.69) is 21.2 Å². The summed E-state index contributed by atoms with van der Waals surface area (Å²) in [4.78, 5) is 11.7. The van der Waals surface area contributed by atoms with Crippen LogP contribution in [0.25, 0.3) is 0 Å². The molecule has 1 aliphatic rings. The number of carbonyl (C=O) groups is 1. The van der Waals surface area contributed by atoms with Gasteiger partial charge >= 0.3 is 0 Å². The first-order valence-corrected chi connectivity index (χ1v) is 7.21. The minimum atomic E-state index is -0.0260. The van der Waals surface area contributed by atoms with E-state index < -0.39 is 0 Å². The molecule has 0 aromatic heterocycles. The van der Waals surface area contributed by atoms with Crippen LogP contribution in [-0.2, 0) is 4.79 Å². The minimum absolute atomic E-state index is 0.0260. The lowest BCUT2D eigenvalue weighted by molar-refractivity contribution is -0.124. The predicted molar refractivity (Wildman–Crippen MR) is 74.7 cm³/mol. The second-order valence-corrected chi connectivity index (χ2v) is 5.56. The van der Waals surface area contributed by atoms with Crippen molar-refractivity contribution in [3.8, 4) is 5.75 Å². The van der Waals surface area contributed by atoms with E-state index in [9.17, 15) is 4.79 Å². The summed E-state index contributed by atoms with van der Waals surface area (Å²) in [5, 5.41) is 3.03. The number of ether oxygens (including phenoxy) is 1. The van der Waals surface area contributed by atoms with Crippen molar-refractivity contribution < 1.29 is 9.53 Å². The zero-order valence-electron chi connectivity index (χ0n) is 10.3. The van der Waals surface area contributed by atoms with Crippen molar-refractivity contribution in [2.45, 2.75) is 38.1 Å². The lowest BCUT2D eigenvalue weighted by Gasteiger charge is -2.22. The summed E-state index contributed by atoms with van der Waals surface area (Å²) in [6, 6.07) is 7.86. The van der Waals surface area contributed by atoms with Gasteiger partial charge in [-0.25, -0.2) is 0 Å². The summed E-state index contributed by atoms with van der Waals surface area (Å²) in [6.45, 7) is 0.0902. The van der Waals surface area contributed by atoms with Crippen LogP contribution in [0, 0.1) is 0 Å². The molecule has 1 aromatic rings. The molecule has 1 aromatic carbocycles. The Kier molecular flexibility index (Phi) is 5.05. The van der Waals surface area contributed by atoms with E-state index in [1.54, 1.807) is 0 Å². The summed E-state index contributed by atoms with van der Waals surface area (Å²) in [5.41, 5.74) is 0. The summed E-state index contributed by atoms with van der Waals surface area (Å²) >= 11 is 3.37. The third kappa shape index (κ3) is 4.33. The highest BCUT2D eigenvalue weighted by atomic mass is 79.9. The largest absolute Gasteiger partial charge is 0.484 e. The molecule has 1 saturated carbocycles. The fraction of sp³-hybridized carbons (Fsp3) is 0.500. The van der Waals surface area contributed by atoms with Crippen molar-refractivity contribution in [3.63, 3.8) is 0 Å². The van der Waals surface area contributed by atoms with Crippen LogP contribution in [0.5, 0.6) is 5.75 Å². The number of hydrogen-bond acceptors (Lipinski definition) is 2. The Morgan fingerprint density at radius 3 is 2.83 bits per heavy atom. The van der Waals surface area contributed by atoms with Gasteiger partial charge in [-0.3, -0.25) is 4.79 Å². The molecule has 1 aliphatic carbocycles. The predicted octanol–water partition coefficient (Wildman–Crippen LogP) is 3.28. The van der Waals surface area contributed by atoms with Crippen LogP contribution in [0.1, 0.15) is 32.1 Å². The van der Waals surface area contributed by atoms with Gasteiger partial charge in [0.15, 0.2) is 6.61 Å². The van der Waals surface area contributed by atoms with Crippen LogP contribution in [0.3, 0.4) is 0 Å². The number of hydrogen-bond donors (Lipinski definition) is 1. The Balaban J connectivity index is 1.74. The Morgan fingerprint density at radius 2 is 2.11 bits per heavy atom. The standard InChI is InChI=1S/C14H18BrNO2/c15-11-5-4-8-13(9-11)18-10-14(17)16-12-6-2-1-3-7-12/h4-5,8-9,12H,1-3,6-7,10H2,(H,16,17). The highest BCUT2D eigenvalue weighted by Crippen LogP contribution is 2.18. The maximum atomic E-state index is 11.7. The first-order valence-electron chi connectivity index (χ1n) is 6.42. The van der Waals surface area contributed by atoms with Crippen molar-refractivity contribution in [2.24, 2.45) is 0 Å². The number of amides is 1. The van der Waals surface area contributed by atoms with Gasteiger partial charge in [0.25, 0.3) is 5.91 Å². The van der Waals surface area contributed by atoms with Crippen LogP contribution in [-0.4, -0.2) is 18.6 Å². The number of rotatable bonds is 4. The van der Waals surface area contributed by atoms with E-state index in [1.165, 1.54) is 19.3 Å². The first-order chi connectivity index (χ1) is 8.74. The average Bonchev–Trinajstić information content (AvgIpc) is 2.38. The molecular formula is C14H18BrNO2. The fourth-order valence-electron chi connectivity index (χ4n) is 2.22. The van der Waals surface area contributed by atoms with Gasteiger partial charge in [-0.1, -0.05) is 41.3 Å². The van der Waals surface area contributed by atoms with Crippen LogP contribution < -0.4 is 10.1 Å². The topological polar surface area (TPSA) is 38.3 Å². The van der Waals surface area contributed by atoms with E-state index in [-0.39, 0.29) is 12.5 Å². The second-order valence-electron chi connectivity index (χ2n) is 4.65. The van der Waals surface area contributed by atoms with Crippen LogP contribution >= 0.6 is 15.9 Å². The van der Waals surface area contributed by atoms with Crippen molar-refractivity contribution in [2.75, 3.05) is 6.61 Å². The SMILES string of the molecule is O=C(COc1cccc(Br)c1)NC1CCCCC1. The zero-order valence-corrected chi connectivity index (χ0v) is 11.9. The van der Waals surface area contributed by atoms with E-state index >= 15 is 0 Å². The van der Waals surface area contributed by atoms with Gasteiger partial charge in [0.1, 0.15) is 5.75 Å². The zero-order chi connectivity index (χ0) is 12.8. The Morgan fingerprint density at radius 1 is 1.33 bits per heavy atom. The fourth-order valence-corrected chi connectivity index (χ4v) is 2.60. The second kappa shape index (κ2) is 6.78. The molecule has 3 nitrogen and oxygen atoms in total. The molecule has 98 valence electrons. The Bertz CT molecular complexity index is 403. The van der Waals surface area contributed by atoms with E-state index in [0.29, 0.717) is 11.8 Å². The molecule has 0 heterocycles. The maximum absolute atomic E-state index is 11.7. The molecule has 0 unspecified atom stereocenters.